The van der Waals surface area contributed by atoms with Gasteiger partial charge in [-0.3, -0.25) is 4.79 Å². The van der Waals surface area contributed by atoms with Gasteiger partial charge in [-0.25, -0.2) is 4.98 Å². The summed E-state index contributed by atoms with van der Waals surface area (Å²) in [5.41, 5.74) is 0.914. The minimum Gasteiger partial charge on any atom is -0.313 e. The van der Waals surface area contributed by atoms with Crippen molar-refractivity contribution >= 4 is 36.5 Å². The molecular weight excluding hydrogens is 273 g/mol. The summed E-state index contributed by atoms with van der Waals surface area (Å²) in [5, 5.41) is 6.12. The monoisotopic (exact) mass is 291 g/mol. The van der Waals surface area contributed by atoms with Crippen LogP contribution in [0.15, 0.2) is 18.2 Å². The van der Waals surface area contributed by atoms with Crippen molar-refractivity contribution in [3.8, 4) is 0 Å². The van der Waals surface area contributed by atoms with Crippen molar-refractivity contribution in [1.82, 2.24) is 10.3 Å². The number of hydrogen-bond donors (Lipinski definition) is 2. The molecule has 1 fully saturated rings. The predicted octanol–water partition coefficient (Wildman–Crippen LogP) is 2.31. The standard InChI is InChI=1S/C12H17N3O.2ClH/c1-9-4-2-6-11(14-9)15-12(16)8-10-5-3-7-13-10;;/h2,4,6,10,13H,3,5,7-8H2,1H3,(H,14,15,16);2*1H. The first-order valence-electron chi connectivity index (χ1n) is 5.71. The van der Waals surface area contributed by atoms with Gasteiger partial charge in [0.2, 0.25) is 5.91 Å². The summed E-state index contributed by atoms with van der Waals surface area (Å²) in [6.07, 6.45) is 2.80. The van der Waals surface area contributed by atoms with E-state index in [0.29, 0.717) is 18.3 Å². The smallest absolute Gasteiger partial charge is 0.227 e. The summed E-state index contributed by atoms with van der Waals surface area (Å²) in [7, 11) is 0. The number of amides is 1. The van der Waals surface area contributed by atoms with E-state index in [9.17, 15) is 4.79 Å². The molecule has 0 bridgehead atoms. The second kappa shape index (κ2) is 8.29. The Morgan fingerprint density at radius 3 is 2.89 bits per heavy atom. The van der Waals surface area contributed by atoms with Crippen molar-refractivity contribution < 1.29 is 4.79 Å². The Bertz CT molecular complexity index is 381. The Morgan fingerprint density at radius 2 is 2.28 bits per heavy atom. The maximum atomic E-state index is 11.7. The molecule has 0 aromatic carbocycles. The SMILES string of the molecule is Cc1cccc(NC(=O)CC2CCCN2)n1.Cl.Cl. The van der Waals surface area contributed by atoms with Gasteiger partial charge in [0, 0.05) is 18.2 Å². The van der Waals surface area contributed by atoms with E-state index in [1.54, 1.807) is 0 Å². The first kappa shape index (κ1) is 17.2. The number of pyridine rings is 1. The van der Waals surface area contributed by atoms with Gasteiger partial charge in [-0.2, -0.15) is 0 Å². The molecule has 0 spiro atoms. The van der Waals surface area contributed by atoms with E-state index in [1.165, 1.54) is 6.42 Å². The van der Waals surface area contributed by atoms with Crippen LogP contribution in [0.2, 0.25) is 0 Å². The maximum absolute atomic E-state index is 11.7. The normalized spacial score (nSPS) is 17.5. The highest BCUT2D eigenvalue weighted by Gasteiger charge is 2.17. The molecule has 0 saturated carbocycles. The van der Waals surface area contributed by atoms with E-state index in [1.807, 2.05) is 25.1 Å². The van der Waals surface area contributed by atoms with Crippen molar-refractivity contribution in [3.05, 3.63) is 23.9 Å². The average Bonchev–Trinajstić information content (AvgIpc) is 2.70. The third-order valence-corrected chi connectivity index (χ3v) is 2.75. The molecule has 1 aliphatic rings. The highest BCUT2D eigenvalue weighted by molar-refractivity contribution is 5.90. The summed E-state index contributed by atoms with van der Waals surface area (Å²) in [6.45, 7) is 2.94. The number of nitrogens with zero attached hydrogens (tertiary/aromatic N) is 1. The quantitative estimate of drug-likeness (QED) is 0.899. The lowest BCUT2D eigenvalue weighted by molar-refractivity contribution is -0.116. The lowest BCUT2D eigenvalue weighted by Gasteiger charge is -2.10. The minimum absolute atomic E-state index is 0. The van der Waals surface area contributed by atoms with Crippen molar-refractivity contribution in [1.29, 1.82) is 0 Å². The molecule has 1 aromatic heterocycles. The molecule has 2 rings (SSSR count). The summed E-state index contributed by atoms with van der Waals surface area (Å²) >= 11 is 0. The zero-order valence-corrected chi connectivity index (χ0v) is 11.9. The Labute approximate surface area is 120 Å². The number of nitrogens with one attached hydrogen (secondary N) is 2. The Morgan fingerprint density at radius 1 is 1.50 bits per heavy atom. The molecule has 1 saturated heterocycles. The third-order valence-electron chi connectivity index (χ3n) is 2.75. The Hall–Kier alpha value is -0.840. The number of hydrogen-bond acceptors (Lipinski definition) is 3. The largest absolute Gasteiger partial charge is 0.313 e. The van der Waals surface area contributed by atoms with E-state index >= 15 is 0 Å². The van der Waals surface area contributed by atoms with Gasteiger partial charge in [0.25, 0.3) is 0 Å². The lowest BCUT2D eigenvalue weighted by atomic mass is 10.1. The average molecular weight is 292 g/mol. The first-order valence-corrected chi connectivity index (χ1v) is 5.71. The van der Waals surface area contributed by atoms with Gasteiger partial charge < -0.3 is 10.6 Å². The van der Waals surface area contributed by atoms with E-state index in [2.05, 4.69) is 15.6 Å². The van der Waals surface area contributed by atoms with Crippen molar-refractivity contribution in [3.63, 3.8) is 0 Å². The molecule has 102 valence electrons. The molecule has 1 aromatic rings. The summed E-state index contributed by atoms with van der Waals surface area (Å²) in [5.74, 6) is 0.681. The van der Waals surface area contributed by atoms with Gasteiger partial charge >= 0.3 is 0 Å². The zero-order valence-electron chi connectivity index (χ0n) is 10.3. The van der Waals surface area contributed by atoms with Gasteiger partial charge in [0.1, 0.15) is 5.82 Å². The van der Waals surface area contributed by atoms with Gasteiger partial charge in [0.05, 0.1) is 0 Å². The summed E-state index contributed by atoms with van der Waals surface area (Å²) in [6, 6.07) is 5.96. The van der Waals surface area contributed by atoms with Gasteiger partial charge in [0.15, 0.2) is 0 Å². The van der Waals surface area contributed by atoms with Crippen LogP contribution in [0.5, 0.6) is 0 Å². The van der Waals surface area contributed by atoms with Crippen LogP contribution in [0.25, 0.3) is 0 Å². The molecule has 4 nitrogen and oxygen atoms in total. The molecule has 18 heavy (non-hydrogen) atoms. The lowest BCUT2D eigenvalue weighted by Crippen LogP contribution is -2.27. The number of aryl methyl sites for hydroxylation is 1. The highest BCUT2D eigenvalue weighted by atomic mass is 35.5. The van der Waals surface area contributed by atoms with E-state index in [-0.39, 0.29) is 30.7 Å². The first-order chi connectivity index (χ1) is 7.74. The number of aromatic nitrogens is 1. The number of halogens is 2. The zero-order chi connectivity index (χ0) is 11.4. The minimum atomic E-state index is 0. The fraction of sp³-hybridized carbons (Fsp3) is 0.500. The fourth-order valence-electron chi connectivity index (χ4n) is 1.96. The number of anilines is 1. The van der Waals surface area contributed by atoms with Crippen LogP contribution in [0.1, 0.15) is 25.0 Å². The van der Waals surface area contributed by atoms with Crippen molar-refractivity contribution in [2.75, 3.05) is 11.9 Å². The Kier molecular flexibility index (Phi) is 7.91. The highest BCUT2D eigenvalue weighted by Crippen LogP contribution is 2.10. The third kappa shape index (κ3) is 5.21. The second-order valence-corrected chi connectivity index (χ2v) is 4.21. The fourth-order valence-corrected chi connectivity index (χ4v) is 1.96. The molecule has 1 amide bonds. The number of rotatable bonds is 3. The van der Waals surface area contributed by atoms with Gasteiger partial charge in [-0.1, -0.05) is 6.07 Å². The maximum Gasteiger partial charge on any atom is 0.227 e. The Balaban J connectivity index is 0.00000144. The van der Waals surface area contributed by atoms with Crippen molar-refractivity contribution in [2.45, 2.75) is 32.2 Å². The van der Waals surface area contributed by atoms with Crippen molar-refractivity contribution in [2.24, 2.45) is 0 Å². The predicted molar refractivity (Wildman–Crippen MR) is 77.7 cm³/mol. The van der Waals surface area contributed by atoms with Crippen LogP contribution in [-0.4, -0.2) is 23.5 Å². The topological polar surface area (TPSA) is 54.0 Å². The molecule has 2 heterocycles. The molecule has 1 aliphatic heterocycles. The van der Waals surface area contributed by atoms with Crippen LogP contribution in [0.3, 0.4) is 0 Å². The molecule has 1 atom stereocenters. The molecular formula is C12H19Cl2N3O. The van der Waals surface area contributed by atoms with Gasteiger partial charge in [-0.05, 0) is 38.4 Å². The second-order valence-electron chi connectivity index (χ2n) is 4.21. The van der Waals surface area contributed by atoms with E-state index in [0.717, 1.165) is 18.7 Å². The molecule has 1 unspecified atom stereocenters. The molecule has 0 radical (unpaired) electrons. The molecule has 0 aliphatic carbocycles. The van der Waals surface area contributed by atoms with Crippen LogP contribution in [0, 0.1) is 6.92 Å². The van der Waals surface area contributed by atoms with Gasteiger partial charge in [-0.15, -0.1) is 24.8 Å². The summed E-state index contributed by atoms with van der Waals surface area (Å²) < 4.78 is 0. The van der Waals surface area contributed by atoms with Crippen LogP contribution in [-0.2, 0) is 4.79 Å². The number of carbonyl (C=O) groups is 1. The van der Waals surface area contributed by atoms with Crippen LogP contribution >= 0.6 is 24.8 Å². The van der Waals surface area contributed by atoms with E-state index < -0.39 is 0 Å². The molecule has 2 N–H and O–H groups in total. The number of carbonyl (C=O) groups excluding carboxylic acids is 1. The summed E-state index contributed by atoms with van der Waals surface area (Å²) in [4.78, 5) is 15.9. The van der Waals surface area contributed by atoms with Crippen LogP contribution in [0.4, 0.5) is 5.82 Å². The van der Waals surface area contributed by atoms with Crippen LogP contribution < -0.4 is 10.6 Å². The molecule has 6 heteroatoms. The van der Waals surface area contributed by atoms with E-state index in [4.69, 9.17) is 0 Å².